The Morgan fingerprint density at radius 1 is 1.13 bits per heavy atom. The van der Waals surface area contributed by atoms with Crippen LogP contribution in [0.25, 0.3) is 0 Å². The second-order valence-electron chi connectivity index (χ2n) is 9.72. The number of nitrogens with one attached hydrogen (secondary N) is 2. The number of anilines is 3. The van der Waals surface area contributed by atoms with Crippen molar-refractivity contribution in [2.75, 3.05) is 50.9 Å². The van der Waals surface area contributed by atoms with Crippen molar-refractivity contribution in [2.45, 2.75) is 12.8 Å². The molecule has 2 heterocycles. The predicted octanol–water partition coefficient (Wildman–Crippen LogP) is 3.88. The fraction of sp³-hybridized carbons (Fsp3) is 0.310. The first-order valence-corrected chi connectivity index (χ1v) is 13.0. The molecule has 1 aromatic heterocycles. The highest BCUT2D eigenvalue weighted by Gasteiger charge is 2.22. The molecule has 4 rings (SSSR count). The largest absolute Gasteiger partial charge is 0.457 e. The van der Waals surface area contributed by atoms with E-state index in [1.54, 1.807) is 6.08 Å². The third kappa shape index (κ3) is 8.27. The number of para-hydroxylation sites is 1. The van der Waals surface area contributed by atoms with Crippen molar-refractivity contribution in [3.8, 4) is 11.5 Å². The third-order valence-corrected chi connectivity index (χ3v) is 6.24. The lowest BCUT2D eigenvalue weighted by Crippen LogP contribution is -2.41. The molecule has 2 aromatic carbocycles. The van der Waals surface area contributed by atoms with Crippen LogP contribution in [0.15, 0.2) is 72.9 Å². The van der Waals surface area contributed by atoms with Crippen LogP contribution in [0.3, 0.4) is 0 Å². The molecule has 0 bridgehead atoms. The highest BCUT2D eigenvalue weighted by Crippen LogP contribution is 2.25. The fourth-order valence-electron chi connectivity index (χ4n) is 4.26. The number of amides is 2. The highest BCUT2D eigenvalue weighted by atomic mass is 16.5. The quantitative estimate of drug-likeness (QED) is 0.320. The third-order valence-electron chi connectivity index (χ3n) is 6.24. The molecule has 39 heavy (non-hydrogen) atoms. The van der Waals surface area contributed by atoms with Crippen molar-refractivity contribution < 1.29 is 14.3 Å². The normalized spacial score (nSPS) is 15.4. The number of likely N-dealkylation sites (N-methyl/N-ethyl adjacent to an activating group) is 1. The molecule has 1 saturated heterocycles. The van der Waals surface area contributed by atoms with Gasteiger partial charge in [-0.05, 0) is 69.3 Å². The van der Waals surface area contributed by atoms with Crippen LogP contribution in [-0.4, -0.2) is 71.9 Å². The van der Waals surface area contributed by atoms with Gasteiger partial charge in [-0.15, -0.1) is 0 Å². The molecule has 1 fully saturated rings. The number of rotatable bonds is 11. The van der Waals surface area contributed by atoms with Crippen LogP contribution >= 0.6 is 0 Å². The molecule has 0 unspecified atom stereocenters. The zero-order chi connectivity index (χ0) is 27.6. The lowest BCUT2D eigenvalue weighted by molar-refractivity contribution is -0.127. The van der Waals surface area contributed by atoms with E-state index in [4.69, 9.17) is 10.5 Å². The molecule has 1 aliphatic rings. The first kappa shape index (κ1) is 27.6. The number of aromatic nitrogens is 2. The second-order valence-corrected chi connectivity index (χ2v) is 9.72. The van der Waals surface area contributed by atoms with Gasteiger partial charge in [0.2, 0.25) is 5.91 Å². The first-order chi connectivity index (χ1) is 18.9. The van der Waals surface area contributed by atoms with Crippen molar-refractivity contribution in [3.63, 3.8) is 0 Å². The minimum atomic E-state index is -0.677. The molecule has 10 heteroatoms. The number of carbonyl (C=O) groups is 2. The Kier molecular flexibility index (Phi) is 9.47. The van der Waals surface area contributed by atoms with Crippen molar-refractivity contribution in [2.24, 2.45) is 11.7 Å². The van der Waals surface area contributed by atoms with E-state index in [1.807, 2.05) is 84.6 Å². The van der Waals surface area contributed by atoms with Crippen LogP contribution in [0, 0.1) is 5.92 Å². The van der Waals surface area contributed by atoms with Crippen molar-refractivity contribution in [3.05, 3.63) is 78.6 Å². The molecule has 0 aliphatic carbocycles. The maximum Gasteiger partial charge on any atom is 0.271 e. The fourth-order valence-corrected chi connectivity index (χ4v) is 4.26. The average molecular weight is 530 g/mol. The Morgan fingerprint density at radius 2 is 1.87 bits per heavy atom. The van der Waals surface area contributed by atoms with Gasteiger partial charge in [-0.2, -0.15) is 0 Å². The molecular formula is C29H35N7O3. The summed E-state index contributed by atoms with van der Waals surface area (Å²) in [6, 6.07) is 16.8. The molecule has 4 N–H and O–H groups in total. The lowest BCUT2D eigenvalue weighted by Gasteiger charge is -2.32. The van der Waals surface area contributed by atoms with Gasteiger partial charge in [0.15, 0.2) is 11.5 Å². The molecule has 204 valence electrons. The molecule has 0 spiro atoms. The van der Waals surface area contributed by atoms with Crippen LogP contribution in [0.2, 0.25) is 0 Å². The predicted molar refractivity (Wildman–Crippen MR) is 152 cm³/mol. The number of nitrogens with zero attached hydrogens (tertiary/aromatic N) is 4. The van der Waals surface area contributed by atoms with Crippen LogP contribution in [0.5, 0.6) is 11.5 Å². The van der Waals surface area contributed by atoms with E-state index in [2.05, 4.69) is 20.6 Å². The number of ether oxygens (including phenoxy) is 1. The monoisotopic (exact) mass is 529 g/mol. The number of hydrogen-bond donors (Lipinski definition) is 3. The number of piperidine rings is 1. The average Bonchev–Trinajstić information content (AvgIpc) is 2.93. The maximum absolute atomic E-state index is 12.5. The summed E-state index contributed by atoms with van der Waals surface area (Å²) in [5, 5.41) is 6.45. The van der Waals surface area contributed by atoms with Crippen molar-refractivity contribution in [1.82, 2.24) is 19.8 Å². The number of benzene rings is 2. The SMILES string of the molecule is CN(C)C/C=C/C(=O)N1CCC[C@H](CNc2cnc(C(N)=O)c(Nc3ccc(Oc4ccccc4)cc3)n2)C1. The van der Waals surface area contributed by atoms with Crippen molar-refractivity contribution in [1.29, 1.82) is 0 Å². The summed E-state index contributed by atoms with van der Waals surface area (Å²) in [5.41, 5.74) is 6.29. The van der Waals surface area contributed by atoms with Gasteiger partial charge in [0.1, 0.15) is 17.3 Å². The summed E-state index contributed by atoms with van der Waals surface area (Å²) in [5.74, 6) is 1.83. The molecular weight excluding hydrogens is 494 g/mol. The van der Waals surface area contributed by atoms with Gasteiger partial charge in [-0.3, -0.25) is 9.59 Å². The number of nitrogens with two attached hydrogens (primary N) is 1. The smallest absolute Gasteiger partial charge is 0.271 e. The van der Waals surface area contributed by atoms with Gasteiger partial charge in [-0.25, -0.2) is 9.97 Å². The molecule has 2 amide bonds. The molecule has 0 saturated carbocycles. The Hall–Kier alpha value is -4.44. The standard InChI is InChI=1S/C29H35N7O3/c1-35(2)16-7-11-26(37)36-17-6-8-21(20-36)18-31-25-19-32-27(28(30)38)29(34-25)33-22-12-14-24(15-13-22)39-23-9-4-3-5-10-23/h3-5,7,9-15,19,21H,6,8,16-18,20H2,1-2H3,(H2,30,38)(H2,31,33,34)/b11-7+/t21-/m1/s1. The summed E-state index contributed by atoms with van der Waals surface area (Å²) in [6.45, 7) is 2.79. The minimum absolute atomic E-state index is 0.0406. The van der Waals surface area contributed by atoms with E-state index in [0.29, 0.717) is 30.3 Å². The van der Waals surface area contributed by atoms with E-state index in [9.17, 15) is 9.59 Å². The van der Waals surface area contributed by atoms with E-state index in [-0.39, 0.29) is 23.3 Å². The second kappa shape index (κ2) is 13.4. The number of primary amides is 1. The zero-order valence-corrected chi connectivity index (χ0v) is 22.3. The Balaban J connectivity index is 1.37. The molecule has 1 aliphatic heterocycles. The van der Waals surface area contributed by atoms with Gasteiger partial charge in [-0.1, -0.05) is 24.3 Å². The zero-order valence-electron chi connectivity index (χ0n) is 22.3. The Morgan fingerprint density at radius 3 is 2.59 bits per heavy atom. The van der Waals surface area contributed by atoms with Gasteiger partial charge >= 0.3 is 0 Å². The lowest BCUT2D eigenvalue weighted by atomic mass is 9.98. The van der Waals surface area contributed by atoms with Gasteiger partial charge in [0, 0.05) is 37.9 Å². The van der Waals surface area contributed by atoms with Crippen molar-refractivity contribution >= 4 is 29.1 Å². The van der Waals surface area contributed by atoms with Crippen LogP contribution in [0.4, 0.5) is 17.3 Å². The first-order valence-electron chi connectivity index (χ1n) is 13.0. The minimum Gasteiger partial charge on any atom is -0.457 e. The van der Waals surface area contributed by atoms with Gasteiger partial charge in [0.05, 0.1) is 6.20 Å². The molecule has 0 radical (unpaired) electrons. The molecule has 10 nitrogen and oxygen atoms in total. The summed E-state index contributed by atoms with van der Waals surface area (Å²) >= 11 is 0. The maximum atomic E-state index is 12.5. The summed E-state index contributed by atoms with van der Waals surface area (Å²) in [7, 11) is 3.93. The summed E-state index contributed by atoms with van der Waals surface area (Å²) in [6.07, 6.45) is 6.99. The van der Waals surface area contributed by atoms with Crippen LogP contribution in [-0.2, 0) is 4.79 Å². The number of hydrogen-bond acceptors (Lipinski definition) is 8. The highest BCUT2D eigenvalue weighted by molar-refractivity contribution is 5.96. The van der Waals surface area contributed by atoms with E-state index in [1.165, 1.54) is 6.20 Å². The number of likely N-dealkylation sites (tertiary alicyclic amines) is 1. The van der Waals surface area contributed by atoms with E-state index < -0.39 is 5.91 Å². The molecule has 1 atom stereocenters. The topological polar surface area (TPSA) is 126 Å². The van der Waals surface area contributed by atoms with E-state index in [0.717, 1.165) is 31.7 Å². The Labute approximate surface area is 228 Å². The number of carbonyl (C=O) groups excluding carboxylic acids is 2. The van der Waals surface area contributed by atoms with Crippen LogP contribution < -0.4 is 21.1 Å². The van der Waals surface area contributed by atoms with Gasteiger partial charge < -0.3 is 30.9 Å². The summed E-state index contributed by atoms with van der Waals surface area (Å²) < 4.78 is 5.84. The van der Waals surface area contributed by atoms with E-state index >= 15 is 0 Å². The summed E-state index contributed by atoms with van der Waals surface area (Å²) in [4.78, 5) is 37.2. The van der Waals surface area contributed by atoms with Crippen LogP contribution in [0.1, 0.15) is 23.3 Å². The Bertz CT molecular complexity index is 1280. The molecule has 3 aromatic rings. The van der Waals surface area contributed by atoms with Gasteiger partial charge in [0.25, 0.3) is 5.91 Å².